The van der Waals surface area contributed by atoms with E-state index in [1.807, 2.05) is 0 Å². The Morgan fingerprint density at radius 3 is 1.22 bits per heavy atom. The monoisotopic (exact) mass is 835 g/mol. The number of piperazine rings is 1. The van der Waals surface area contributed by atoms with Crippen molar-refractivity contribution in [1.29, 1.82) is 0 Å². The van der Waals surface area contributed by atoms with Crippen molar-refractivity contribution < 1.29 is 28.6 Å². The molecule has 59 heavy (non-hydrogen) atoms. The lowest BCUT2D eigenvalue weighted by molar-refractivity contribution is -0.150. The number of ether oxygens (including phenoxy) is 3. The maximum atomic E-state index is 12.9. The molecular formula is C51H98N2O6. The molecule has 0 bridgehead atoms. The first-order chi connectivity index (χ1) is 28.9. The van der Waals surface area contributed by atoms with Crippen LogP contribution in [0.4, 0.5) is 0 Å². The van der Waals surface area contributed by atoms with Crippen LogP contribution in [0.15, 0.2) is 0 Å². The predicted molar refractivity (Wildman–Crippen MR) is 248 cm³/mol. The lowest BCUT2D eigenvalue weighted by Crippen LogP contribution is -2.43. The number of unbranched alkanes of at least 4 members (excludes halogenated alkanes) is 16. The molecule has 1 aliphatic rings. The summed E-state index contributed by atoms with van der Waals surface area (Å²) in [4.78, 5) is 39.9. The van der Waals surface area contributed by atoms with E-state index in [0.29, 0.717) is 44.3 Å². The van der Waals surface area contributed by atoms with Crippen molar-refractivity contribution in [3.63, 3.8) is 0 Å². The summed E-state index contributed by atoms with van der Waals surface area (Å²) in [7, 11) is 0. The van der Waals surface area contributed by atoms with Crippen molar-refractivity contribution in [1.82, 2.24) is 10.2 Å². The highest BCUT2D eigenvalue weighted by molar-refractivity contribution is 5.70. The van der Waals surface area contributed by atoms with Crippen LogP contribution in [-0.4, -0.2) is 74.8 Å². The highest BCUT2D eigenvalue weighted by Gasteiger charge is 2.16. The molecule has 1 rings (SSSR count). The van der Waals surface area contributed by atoms with Crippen molar-refractivity contribution in [2.24, 2.45) is 11.8 Å². The summed E-state index contributed by atoms with van der Waals surface area (Å²) >= 11 is 0. The van der Waals surface area contributed by atoms with Gasteiger partial charge in [0.25, 0.3) is 0 Å². The van der Waals surface area contributed by atoms with Gasteiger partial charge in [-0.25, -0.2) is 0 Å². The molecule has 0 spiro atoms. The van der Waals surface area contributed by atoms with Crippen molar-refractivity contribution >= 4 is 17.9 Å². The Morgan fingerprint density at radius 2 is 0.814 bits per heavy atom. The van der Waals surface area contributed by atoms with Crippen LogP contribution in [0.3, 0.4) is 0 Å². The number of rotatable bonds is 43. The van der Waals surface area contributed by atoms with Crippen molar-refractivity contribution in [2.75, 3.05) is 45.9 Å². The van der Waals surface area contributed by atoms with E-state index in [1.165, 1.54) is 116 Å². The molecule has 8 heteroatoms. The average Bonchev–Trinajstić information content (AvgIpc) is 3.24. The molecule has 1 fully saturated rings. The van der Waals surface area contributed by atoms with E-state index in [4.69, 9.17) is 14.2 Å². The van der Waals surface area contributed by atoms with Gasteiger partial charge in [-0.2, -0.15) is 0 Å². The largest absolute Gasteiger partial charge is 0.466 e. The van der Waals surface area contributed by atoms with Crippen LogP contribution in [0.2, 0.25) is 0 Å². The number of esters is 3. The Labute approximate surface area is 365 Å². The minimum Gasteiger partial charge on any atom is -0.466 e. The highest BCUT2D eigenvalue weighted by atomic mass is 16.5. The number of nitrogens with one attached hydrogen (secondary N) is 1. The van der Waals surface area contributed by atoms with Gasteiger partial charge >= 0.3 is 17.9 Å². The first-order valence-corrected chi connectivity index (χ1v) is 25.8. The highest BCUT2D eigenvalue weighted by Crippen LogP contribution is 2.22. The minimum absolute atomic E-state index is 0.0210. The van der Waals surface area contributed by atoms with E-state index in [-0.39, 0.29) is 24.0 Å². The van der Waals surface area contributed by atoms with Crippen LogP contribution < -0.4 is 5.32 Å². The zero-order chi connectivity index (χ0) is 42.9. The zero-order valence-corrected chi connectivity index (χ0v) is 39.6. The molecule has 0 amide bonds. The van der Waals surface area contributed by atoms with Crippen LogP contribution in [0.5, 0.6) is 0 Å². The van der Waals surface area contributed by atoms with E-state index >= 15 is 0 Å². The molecule has 348 valence electrons. The van der Waals surface area contributed by atoms with Gasteiger partial charge in [-0.1, -0.05) is 169 Å². The smallest absolute Gasteiger partial charge is 0.306 e. The molecule has 1 N–H and O–H groups in total. The minimum atomic E-state index is -0.0252. The van der Waals surface area contributed by atoms with E-state index in [2.05, 4.69) is 37.9 Å². The molecule has 0 saturated carbocycles. The van der Waals surface area contributed by atoms with Gasteiger partial charge in [-0.15, -0.1) is 0 Å². The Kier molecular flexibility index (Phi) is 39.1. The van der Waals surface area contributed by atoms with Gasteiger partial charge in [0.2, 0.25) is 0 Å². The Bertz CT molecular complexity index is 885. The quantitative estimate of drug-likeness (QED) is 0.0369. The third-order valence-electron chi connectivity index (χ3n) is 12.6. The molecule has 0 aliphatic carbocycles. The second-order valence-electron chi connectivity index (χ2n) is 18.2. The third-order valence-corrected chi connectivity index (χ3v) is 12.6. The molecule has 0 radical (unpaired) electrons. The van der Waals surface area contributed by atoms with Crippen molar-refractivity contribution in [3.8, 4) is 0 Å². The van der Waals surface area contributed by atoms with Gasteiger partial charge in [-0.05, 0) is 76.2 Å². The molecule has 0 aromatic heterocycles. The Balaban J connectivity index is 2.24. The van der Waals surface area contributed by atoms with Gasteiger partial charge in [0.15, 0.2) is 0 Å². The number of carbonyl (C=O) groups excluding carboxylic acids is 3. The number of hydrogen-bond acceptors (Lipinski definition) is 8. The normalized spacial score (nSPS) is 13.5. The molecule has 0 atom stereocenters. The van der Waals surface area contributed by atoms with Gasteiger partial charge in [0.1, 0.15) is 6.10 Å². The van der Waals surface area contributed by atoms with E-state index in [9.17, 15) is 14.4 Å². The lowest BCUT2D eigenvalue weighted by atomic mass is 9.93. The molecule has 0 unspecified atom stereocenters. The Hall–Kier alpha value is -1.67. The van der Waals surface area contributed by atoms with Gasteiger partial charge in [0.05, 0.1) is 13.2 Å². The van der Waals surface area contributed by atoms with Crippen LogP contribution in [0.1, 0.15) is 246 Å². The summed E-state index contributed by atoms with van der Waals surface area (Å²) in [6, 6.07) is 0. The number of hydrogen-bond donors (Lipinski definition) is 1. The van der Waals surface area contributed by atoms with Crippen molar-refractivity contribution in [2.45, 2.75) is 252 Å². The van der Waals surface area contributed by atoms with Gasteiger partial charge in [0, 0.05) is 45.4 Å². The Morgan fingerprint density at radius 1 is 0.441 bits per heavy atom. The summed E-state index contributed by atoms with van der Waals surface area (Å²) in [5, 5.41) is 3.40. The van der Waals surface area contributed by atoms with E-state index < -0.39 is 0 Å². The van der Waals surface area contributed by atoms with E-state index in [0.717, 1.165) is 116 Å². The summed E-state index contributed by atoms with van der Waals surface area (Å²) in [5.41, 5.74) is 0. The van der Waals surface area contributed by atoms with Crippen LogP contribution >= 0.6 is 0 Å². The lowest BCUT2D eigenvalue weighted by Gasteiger charge is -2.27. The molecule has 8 nitrogen and oxygen atoms in total. The molecule has 1 saturated heterocycles. The molecule has 1 aliphatic heterocycles. The molecular weight excluding hydrogens is 737 g/mol. The second kappa shape index (κ2) is 41.7. The maximum Gasteiger partial charge on any atom is 0.306 e. The first-order valence-electron chi connectivity index (χ1n) is 25.8. The summed E-state index contributed by atoms with van der Waals surface area (Å²) < 4.78 is 17.3. The fourth-order valence-electron chi connectivity index (χ4n) is 8.60. The van der Waals surface area contributed by atoms with Gasteiger partial charge in [-0.3, -0.25) is 14.4 Å². The fourth-order valence-corrected chi connectivity index (χ4v) is 8.60. The number of nitrogens with zero attached hydrogens (tertiary/aromatic N) is 1. The number of carbonyl (C=O) groups is 3. The van der Waals surface area contributed by atoms with Crippen molar-refractivity contribution in [3.05, 3.63) is 0 Å². The fraction of sp³-hybridized carbons (Fsp3) is 0.941. The summed E-state index contributed by atoms with van der Waals surface area (Å²) in [6.07, 6.45) is 37.2. The third kappa shape index (κ3) is 35.6. The SMILES string of the molecule is CCCCC(CCCC)CCOC(=O)CCCCCCCCCC(CCCCCCCCCC(=O)OCCC(CCCC)CCCC)OC(=O)CCCN1CCNCC1. The van der Waals surface area contributed by atoms with Crippen LogP contribution in [0, 0.1) is 11.8 Å². The van der Waals surface area contributed by atoms with Crippen LogP contribution in [0.25, 0.3) is 0 Å². The molecule has 1 heterocycles. The average molecular weight is 835 g/mol. The maximum absolute atomic E-state index is 12.9. The van der Waals surface area contributed by atoms with E-state index in [1.54, 1.807) is 0 Å². The second-order valence-corrected chi connectivity index (χ2v) is 18.2. The molecule has 0 aromatic carbocycles. The topological polar surface area (TPSA) is 94.2 Å². The summed E-state index contributed by atoms with van der Waals surface area (Å²) in [5.74, 6) is 1.34. The van der Waals surface area contributed by atoms with Crippen LogP contribution in [-0.2, 0) is 28.6 Å². The summed E-state index contributed by atoms with van der Waals surface area (Å²) in [6.45, 7) is 15.3. The first kappa shape index (κ1) is 55.3. The zero-order valence-electron chi connectivity index (χ0n) is 39.6. The predicted octanol–water partition coefficient (Wildman–Crippen LogP) is 13.5. The molecule has 0 aromatic rings. The van der Waals surface area contributed by atoms with Gasteiger partial charge < -0.3 is 24.4 Å². The standard InChI is InChI=1S/C51H98N2O6/c1-5-9-28-46(29-10-6-2)37-44-57-49(54)34-25-21-17-13-15-19-23-32-48(59-51(56)36-27-41-53-42-39-52-40-43-53)33-24-20-16-14-18-22-26-35-50(55)58-45-38-47(30-11-7-3)31-12-8-4/h46-48,52H,5-45H2,1-4H3.